The van der Waals surface area contributed by atoms with Crippen molar-refractivity contribution in [2.45, 2.75) is 58.3 Å². The van der Waals surface area contributed by atoms with Crippen LogP contribution in [0.1, 0.15) is 58.3 Å². The Balaban J connectivity index is 1.64. The van der Waals surface area contributed by atoms with E-state index in [0.717, 1.165) is 17.3 Å². The fourth-order valence-electron chi connectivity index (χ4n) is 3.38. The first-order valence-electron chi connectivity index (χ1n) is 9.55. The zero-order chi connectivity index (χ0) is 19.6. The summed E-state index contributed by atoms with van der Waals surface area (Å²) in [5.41, 5.74) is 5.66. The third-order valence-corrected chi connectivity index (χ3v) is 5.21. The predicted octanol–water partition coefficient (Wildman–Crippen LogP) is 3.92. The number of hydrazine groups is 1. The maximum atomic E-state index is 12.1. The molecule has 1 saturated carbocycles. The van der Waals surface area contributed by atoms with Crippen molar-refractivity contribution in [2.75, 3.05) is 5.32 Å². The van der Waals surface area contributed by atoms with Gasteiger partial charge in [0.2, 0.25) is 17.7 Å². The van der Waals surface area contributed by atoms with Gasteiger partial charge >= 0.3 is 0 Å². The minimum atomic E-state index is -0.283. The smallest absolute Gasteiger partial charge is 0.238 e. The molecule has 1 aliphatic rings. The van der Waals surface area contributed by atoms with Gasteiger partial charge in [-0.3, -0.25) is 25.2 Å². The zero-order valence-electron chi connectivity index (χ0n) is 15.7. The van der Waals surface area contributed by atoms with E-state index in [2.05, 4.69) is 32.1 Å². The molecule has 0 saturated heterocycles. The Morgan fingerprint density at radius 3 is 2.41 bits per heavy atom. The van der Waals surface area contributed by atoms with Crippen molar-refractivity contribution >= 4 is 39.3 Å². The highest BCUT2D eigenvalue weighted by molar-refractivity contribution is 9.10. The topological polar surface area (TPSA) is 87.3 Å². The van der Waals surface area contributed by atoms with Gasteiger partial charge in [-0.1, -0.05) is 48.2 Å². The van der Waals surface area contributed by atoms with Crippen LogP contribution >= 0.6 is 15.9 Å². The SMILES string of the molecule is CC(CC(=O)NNC(=O)CC1CCCCC1)CC(=O)Nc1cccc(Br)c1. The van der Waals surface area contributed by atoms with Crippen molar-refractivity contribution in [3.63, 3.8) is 0 Å². The average molecular weight is 438 g/mol. The second-order valence-corrected chi connectivity index (χ2v) is 8.29. The molecule has 1 aliphatic carbocycles. The minimum Gasteiger partial charge on any atom is -0.326 e. The molecule has 1 fully saturated rings. The van der Waals surface area contributed by atoms with Gasteiger partial charge < -0.3 is 5.32 Å². The minimum absolute atomic E-state index is 0.132. The lowest BCUT2D eigenvalue weighted by Gasteiger charge is -2.21. The molecular formula is C20H28BrN3O3. The number of amides is 3. The maximum Gasteiger partial charge on any atom is 0.238 e. The van der Waals surface area contributed by atoms with Crippen molar-refractivity contribution in [1.29, 1.82) is 0 Å². The Labute approximate surface area is 169 Å². The van der Waals surface area contributed by atoms with E-state index < -0.39 is 0 Å². The van der Waals surface area contributed by atoms with Crippen molar-refractivity contribution in [1.82, 2.24) is 10.9 Å². The number of hydrogen-bond donors (Lipinski definition) is 3. The van der Waals surface area contributed by atoms with Crippen molar-refractivity contribution in [2.24, 2.45) is 11.8 Å². The number of halogens is 1. The van der Waals surface area contributed by atoms with Gasteiger partial charge in [-0.05, 0) is 42.9 Å². The summed E-state index contributed by atoms with van der Waals surface area (Å²) in [5, 5.41) is 2.81. The maximum absolute atomic E-state index is 12.1. The highest BCUT2D eigenvalue weighted by Gasteiger charge is 2.18. The van der Waals surface area contributed by atoms with Gasteiger partial charge in [0.1, 0.15) is 0 Å². The predicted molar refractivity (Wildman–Crippen MR) is 109 cm³/mol. The number of carbonyl (C=O) groups excluding carboxylic acids is 3. The summed E-state index contributed by atoms with van der Waals surface area (Å²) in [6.45, 7) is 1.84. The van der Waals surface area contributed by atoms with Gasteiger partial charge in [-0.25, -0.2) is 0 Å². The lowest BCUT2D eigenvalue weighted by Crippen LogP contribution is -2.42. The number of hydrogen-bond acceptors (Lipinski definition) is 3. The molecule has 1 unspecified atom stereocenters. The van der Waals surface area contributed by atoms with Gasteiger partial charge in [0.15, 0.2) is 0 Å². The van der Waals surface area contributed by atoms with Crippen LogP contribution < -0.4 is 16.2 Å². The first-order chi connectivity index (χ1) is 12.9. The fourth-order valence-corrected chi connectivity index (χ4v) is 3.78. The molecule has 1 aromatic rings. The van der Waals surface area contributed by atoms with Crippen molar-refractivity contribution in [3.05, 3.63) is 28.7 Å². The molecule has 1 aromatic carbocycles. The molecule has 0 bridgehead atoms. The molecule has 0 aromatic heterocycles. The molecule has 27 heavy (non-hydrogen) atoms. The monoisotopic (exact) mass is 437 g/mol. The lowest BCUT2D eigenvalue weighted by molar-refractivity contribution is -0.130. The first kappa shape index (κ1) is 21.4. The van der Waals surface area contributed by atoms with Gasteiger partial charge in [0.25, 0.3) is 0 Å². The van der Waals surface area contributed by atoms with E-state index in [-0.39, 0.29) is 36.5 Å². The quantitative estimate of drug-likeness (QED) is 0.564. The van der Waals surface area contributed by atoms with E-state index in [1.54, 1.807) is 0 Å². The molecule has 0 radical (unpaired) electrons. The van der Waals surface area contributed by atoms with E-state index in [1.165, 1.54) is 19.3 Å². The third kappa shape index (κ3) is 8.56. The first-order valence-corrected chi connectivity index (χ1v) is 10.3. The van der Waals surface area contributed by atoms with E-state index in [4.69, 9.17) is 0 Å². The zero-order valence-corrected chi connectivity index (χ0v) is 17.3. The normalized spacial score (nSPS) is 15.6. The summed E-state index contributed by atoms with van der Waals surface area (Å²) < 4.78 is 0.886. The van der Waals surface area contributed by atoms with Gasteiger partial charge in [-0.15, -0.1) is 0 Å². The Morgan fingerprint density at radius 2 is 1.70 bits per heavy atom. The molecular weight excluding hydrogens is 410 g/mol. The van der Waals surface area contributed by atoms with Crippen molar-refractivity contribution in [3.8, 4) is 0 Å². The van der Waals surface area contributed by atoms with Gasteiger partial charge in [0, 0.05) is 29.4 Å². The molecule has 3 N–H and O–H groups in total. The van der Waals surface area contributed by atoms with Crippen LogP contribution in [0.15, 0.2) is 28.7 Å². The van der Waals surface area contributed by atoms with E-state index in [1.807, 2.05) is 31.2 Å². The molecule has 0 heterocycles. The van der Waals surface area contributed by atoms with Crippen LogP contribution in [-0.4, -0.2) is 17.7 Å². The lowest BCUT2D eigenvalue weighted by atomic mass is 9.87. The number of carbonyl (C=O) groups is 3. The van der Waals surface area contributed by atoms with Crippen LogP contribution in [0.5, 0.6) is 0 Å². The standard InChI is InChI=1S/C20H28BrN3O3/c1-14(10-18(25)22-17-9-5-8-16(21)13-17)11-19(26)23-24-20(27)12-15-6-3-2-4-7-15/h5,8-9,13-15H,2-4,6-7,10-12H2,1H3,(H,22,25)(H,23,26)(H,24,27). The summed E-state index contributed by atoms with van der Waals surface area (Å²) in [4.78, 5) is 36.0. The molecule has 7 heteroatoms. The fraction of sp³-hybridized carbons (Fsp3) is 0.550. The van der Waals surface area contributed by atoms with Crippen LogP contribution in [0.2, 0.25) is 0 Å². The van der Waals surface area contributed by atoms with E-state index in [0.29, 0.717) is 18.0 Å². The van der Waals surface area contributed by atoms with Crippen LogP contribution in [0.3, 0.4) is 0 Å². The molecule has 148 valence electrons. The number of anilines is 1. The van der Waals surface area contributed by atoms with Crippen LogP contribution in [0.4, 0.5) is 5.69 Å². The Hall–Kier alpha value is -1.89. The van der Waals surface area contributed by atoms with Crippen LogP contribution in [0, 0.1) is 11.8 Å². The highest BCUT2D eigenvalue weighted by Crippen LogP contribution is 2.26. The molecule has 6 nitrogen and oxygen atoms in total. The Morgan fingerprint density at radius 1 is 1.04 bits per heavy atom. The highest BCUT2D eigenvalue weighted by atomic mass is 79.9. The molecule has 0 aliphatic heterocycles. The molecule has 2 rings (SSSR count). The second-order valence-electron chi connectivity index (χ2n) is 7.38. The summed E-state index contributed by atoms with van der Waals surface area (Å²) in [5.74, 6) is -0.275. The number of benzene rings is 1. The molecule has 1 atom stereocenters. The van der Waals surface area contributed by atoms with Crippen LogP contribution in [-0.2, 0) is 14.4 Å². The largest absolute Gasteiger partial charge is 0.326 e. The van der Waals surface area contributed by atoms with E-state index in [9.17, 15) is 14.4 Å². The Kier molecular flexibility index (Phi) is 8.78. The van der Waals surface area contributed by atoms with E-state index >= 15 is 0 Å². The van der Waals surface area contributed by atoms with Crippen molar-refractivity contribution < 1.29 is 14.4 Å². The summed E-state index contributed by atoms with van der Waals surface area (Å²) in [6.07, 6.45) is 6.67. The molecule has 0 spiro atoms. The summed E-state index contributed by atoms with van der Waals surface area (Å²) >= 11 is 3.36. The second kappa shape index (κ2) is 11.1. The summed E-state index contributed by atoms with van der Waals surface area (Å²) in [6, 6.07) is 7.34. The number of rotatable bonds is 7. The number of nitrogens with one attached hydrogen (secondary N) is 3. The van der Waals surface area contributed by atoms with Gasteiger partial charge in [0.05, 0.1) is 0 Å². The summed E-state index contributed by atoms with van der Waals surface area (Å²) in [7, 11) is 0. The Bertz CT molecular complexity index is 660. The molecule has 3 amide bonds. The average Bonchev–Trinajstić information content (AvgIpc) is 2.60. The van der Waals surface area contributed by atoms with Crippen LogP contribution in [0.25, 0.3) is 0 Å². The third-order valence-electron chi connectivity index (χ3n) is 4.72. The van der Waals surface area contributed by atoms with Gasteiger partial charge in [-0.2, -0.15) is 0 Å².